The van der Waals surface area contributed by atoms with Crippen LogP contribution in [0.25, 0.3) is 11.4 Å². The summed E-state index contributed by atoms with van der Waals surface area (Å²) in [4.78, 5) is 23.7. The molecule has 0 saturated carbocycles. The zero-order valence-electron chi connectivity index (χ0n) is 16.4. The standard InChI is InChI=1S/C20H29N5O/c1-14(2)25-18(6-8-22-25)17-12-21-11-16(23-17)10-15-7-9-24(13-15)19(26)20(3,4)5/h6,8,11-12,14-15H,7,9-10,13H2,1-5H3/t15-/m1/s1. The molecule has 0 N–H and O–H groups in total. The van der Waals surface area contributed by atoms with Crippen LogP contribution in [-0.2, 0) is 11.2 Å². The zero-order valence-corrected chi connectivity index (χ0v) is 16.4. The minimum absolute atomic E-state index is 0.237. The lowest BCUT2D eigenvalue weighted by Gasteiger charge is -2.25. The van der Waals surface area contributed by atoms with Gasteiger partial charge in [-0.15, -0.1) is 0 Å². The Morgan fingerprint density at radius 3 is 2.77 bits per heavy atom. The molecule has 0 spiro atoms. The highest BCUT2D eigenvalue weighted by atomic mass is 16.2. The maximum Gasteiger partial charge on any atom is 0.227 e. The summed E-state index contributed by atoms with van der Waals surface area (Å²) in [5.74, 6) is 0.682. The average Bonchev–Trinajstić information content (AvgIpc) is 3.22. The fraction of sp³-hybridized carbons (Fsp3) is 0.600. The van der Waals surface area contributed by atoms with Crippen molar-refractivity contribution in [3.05, 3.63) is 30.4 Å². The highest BCUT2D eigenvalue weighted by Crippen LogP contribution is 2.26. The zero-order chi connectivity index (χ0) is 18.9. The molecule has 1 amide bonds. The third-order valence-electron chi connectivity index (χ3n) is 4.82. The first-order valence-corrected chi connectivity index (χ1v) is 9.40. The van der Waals surface area contributed by atoms with Crippen LogP contribution in [0, 0.1) is 11.3 Å². The molecule has 1 atom stereocenters. The summed E-state index contributed by atoms with van der Waals surface area (Å²) in [6.45, 7) is 11.8. The predicted molar refractivity (Wildman–Crippen MR) is 101 cm³/mol. The molecule has 0 aromatic carbocycles. The van der Waals surface area contributed by atoms with E-state index in [1.807, 2.05) is 42.6 Å². The lowest BCUT2D eigenvalue weighted by molar-refractivity contribution is -0.138. The van der Waals surface area contributed by atoms with Gasteiger partial charge in [0.2, 0.25) is 5.91 Å². The molecule has 0 radical (unpaired) electrons. The van der Waals surface area contributed by atoms with Crippen LogP contribution in [0.3, 0.4) is 0 Å². The highest BCUT2D eigenvalue weighted by molar-refractivity contribution is 5.81. The minimum atomic E-state index is -0.316. The second-order valence-corrected chi connectivity index (χ2v) is 8.51. The van der Waals surface area contributed by atoms with Crippen molar-refractivity contribution in [2.24, 2.45) is 11.3 Å². The maximum absolute atomic E-state index is 12.5. The molecular weight excluding hydrogens is 326 g/mol. The van der Waals surface area contributed by atoms with E-state index < -0.39 is 0 Å². The van der Waals surface area contributed by atoms with Gasteiger partial charge in [-0.05, 0) is 38.7 Å². The molecule has 1 fully saturated rings. The van der Waals surface area contributed by atoms with Crippen LogP contribution in [0.4, 0.5) is 0 Å². The van der Waals surface area contributed by atoms with Crippen molar-refractivity contribution in [1.29, 1.82) is 0 Å². The maximum atomic E-state index is 12.5. The van der Waals surface area contributed by atoms with E-state index >= 15 is 0 Å². The first kappa shape index (κ1) is 18.5. The third-order valence-corrected chi connectivity index (χ3v) is 4.82. The lowest BCUT2D eigenvalue weighted by Crippen LogP contribution is -2.38. The van der Waals surface area contributed by atoms with E-state index in [0.717, 1.165) is 43.0 Å². The van der Waals surface area contributed by atoms with Gasteiger partial charge in [0.05, 0.1) is 17.6 Å². The molecule has 6 nitrogen and oxygen atoms in total. The number of hydrogen-bond acceptors (Lipinski definition) is 4. The molecule has 1 aliphatic heterocycles. The number of carbonyl (C=O) groups is 1. The third kappa shape index (κ3) is 3.94. The minimum Gasteiger partial charge on any atom is -0.342 e. The summed E-state index contributed by atoms with van der Waals surface area (Å²) >= 11 is 0. The van der Waals surface area contributed by atoms with E-state index in [1.54, 1.807) is 12.4 Å². The summed E-state index contributed by atoms with van der Waals surface area (Å²) in [5.41, 5.74) is 2.51. The number of carbonyl (C=O) groups excluding carboxylic acids is 1. The molecule has 2 aromatic heterocycles. The summed E-state index contributed by atoms with van der Waals surface area (Å²) in [6.07, 6.45) is 7.32. The topological polar surface area (TPSA) is 63.9 Å². The molecule has 0 bridgehead atoms. The van der Waals surface area contributed by atoms with Crippen LogP contribution < -0.4 is 0 Å². The van der Waals surface area contributed by atoms with Gasteiger partial charge in [0.1, 0.15) is 5.69 Å². The molecule has 1 saturated heterocycles. The molecular formula is C20H29N5O. The van der Waals surface area contributed by atoms with Gasteiger partial charge in [-0.1, -0.05) is 20.8 Å². The highest BCUT2D eigenvalue weighted by Gasteiger charge is 2.32. The van der Waals surface area contributed by atoms with Gasteiger partial charge in [-0.2, -0.15) is 5.10 Å². The summed E-state index contributed by atoms with van der Waals surface area (Å²) in [7, 11) is 0. The average molecular weight is 355 g/mol. The van der Waals surface area contributed by atoms with Crippen LogP contribution in [0.1, 0.15) is 52.8 Å². The Bertz CT molecular complexity index is 775. The molecule has 140 valence electrons. The fourth-order valence-corrected chi connectivity index (χ4v) is 3.51. The van der Waals surface area contributed by atoms with Crippen molar-refractivity contribution in [3.8, 4) is 11.4 Å². The van der Waals surface area contributed by atoms with Gasteiger partial charge >= 0.3 is 0 Å². The number of nitrogens with zero attached hydrogens (tertiary/aromatic N) is 5. The number of rotatable bonds is 4. The number of hydrogen-bond donors (Lipinski definition) is 0. The molecule has 1 aliphatic rings. The second-order valence-electron chi connectivity index (χ2n) is 8.51. The van der Waals surface area contributed by atoms with E-state index in [4.69, 9.17) is 4.98 Å². The van der Waals surface area contributed by atoms with Gasteiger partial charge in [-0.3, -0.25) is 14.5 Å². The Kier molecular flexibility index (Phi) is 5.12. The second kappa shape index (κ2) is 7.17. The molecule has 3 rings (SSSR count). The van der Waals surface area contributed by atoms with Crippen molar-refractivity contribution in [1.82, 2.24) is 24.6 Å². The predicted octanol–water partition coefficient (Wildman–Crippen LogP) is 3.36. The van der Waals surface area contributed by atoms with Gasteiger partial charge in [0.15, 0.2) is 0 Å². The molecule has 0 aliphatic carbocycles. The molecule has 0 unspecified atom stereocenters. The van der Waals surface area contributed by atoms with Crippen molar-refractivity contribution in [2.75, 3.05) is 13.1 Å². The molecule has 3 heterocycles. The van der Waals surface area contributed by atoms with Crippen LogP contribution in [0.5, 0.6) is 0 Å². The van der Waals surface area contributed by atoms with Gasteiger partial charge in [-0.25, -0.2) is 4.98 Å². The fourth-order valence-electron chi connectivity index (χ4n) is 3.51. The van der Waals surface area contributed by atoms with E-state index in [1.165, 1.54) is 0 Å². The normalized spacial score (nSPS) is 17.9. The van der Waals surface area contributed by atoms with E-state index in [2.05, 4.69) is 23.9 Å². The van der Waals surface area contributed by atoms with Crippen LogP contribution in [-0.4, -0.2) is 43.6 Å². The van der Waals surface area contributed by atoms with E-state index in [0.29, 0.717) is 5.92 Å². The Morgan fingerprint density at radius 1 is 1.31 bits per heavy atom. The number of aromatic nitrogens is 4. The first-order valence-electron chi connectivity index (χ1n) is 9.40. The van der Waals surface area contributed by atoms with Crippen LogP contribution >= 0.6 is 0 Å². The van der Waals surface area contributed by atoms with Crippen molar-refractivity contribution in [3.63, 3.8) is 0 Å². The van der Waals surface area contributed by atoms with Crippen LogP contribution in [0.15, 0.2) is 24.7 Å². The Balaban J connectivity index is 1.70. The summed E-state index contributed by atoms with van der Waals surface area (Å²) in [6, 6.07) is 2.25. The van der Waals surface area contributed by atoms with E-state index in [9.17, 15) is 4.79 Å². The van der Waals surface area contributed by atoms with Crippen LogP contribution in [0.2, 0.25) is 0 Å². The lowest BCUT2D eigenvalue weighted by atomic mass is 9.95. The molecule has 6 heteroatoms. The van der Waals surface area contributed by atoms with Gasteiger partial charge < -0.3 is 4.90 Å². The Hall–Kier alpha value is -2.24. The smallest absolute Gasteiger partial charge is 0.227 e. The van der Waals surface area contributed by atoms with E-state index in [-0.39, 0.29) is 17.4 Å². The van der Waals surface area contributed by atoms with Gasteiger partial charge in [0, 0.05) is 36.9 Å². The Labute approximate surface area is 155 Å². The molecule has 2 aromatic rings. The van der Waals surface area contributed by atoms with Gasteiger partial charge in [0.25, 0.3) is 0 Å². The monoisotopic (exact) mass is 355 g/mol. The Morgan fingerprint density at radius 2 is 2.08 bits per heavy atom. The van der Waals surface area contributed by atoms with Crippen molar-refractivity contribution < 1.29 is 4.79 Å². The number of likely N-dealkylation sites (tertiary alicyclic amines) is 1. The quantitative estimate of drug-likeness (QED) is 0.843. The van der Waals surface area contributed by atoms with Crippen molar-refractivity contribution >= 4 is 5.91 Å². The molecule has 26 heavy (non-hydrogen) atoms. The summed E-state index contributed by atoms with van der Waals surface area (Å²) in [5, 5.41) is 4.38. The van der Waals surface area contributed by atoms with Crippen molar-refractivity contribution in [2.45, 2.75) is 53.5 Å². The summed E-state index contributed by atoms with van der Waals surface area (Å²) < 4.78 is 1.97. The number of amides is 1. The first-order chi connectivity index (χ1) is 12.3. The SMILES string of the molecule is CC(C)n1nccc1-c1cncc(C[C@H]2CCN(C(=O)C(C)(C)C)C2)n1. The largest absolute Gasteiger partial charge is 0.342 e.